The molecule has 0 unspecified atom stereocenters. The van der Waals surface area contributed by atoms with Gasteiger partial charge in [0.15, 0.2) is 0 Å². The standard InChI is InChI=1S/C15H19N3O3S/c1-10(2)14-17-18-15(21-14)22-9-8-13(19)16-11-6-4-5-7-12(11)20-3/h4-7,10H,8-9H2,1-3H3,(H,16,19). The van der Waals surface area contributed by atoms with Crippen LogP contribution in [-0.4, -0.2) is 29.0 Å². The molecule has 1 heterocycles. The van der Waals surface area contributed by atoms with E-state index in [9.17, 15) is 4.79 Å². The van der Waals surface area contributed by atoms with E-state index < -0.39 is 0 Å². The van der Waals surface area contributed by atoms with Crippen LogP contribution in [0, 0.1) is 0 Å². The Labute approximate surface area is 133 Å². The van der Waals surface area contributed by atoms with Crippen molar-refractivity contribution in [1.82, 2.24) is 10.2 Å². The number of methoxy groups -OCH3 is 1. The number of amides is 1. The molecule has 0 bridgehead atoms. The maximum absolute atomic E-state index is 11.9. The van der Waals surface area contributed by atoms with Crippen molar-refractivity contribution in [2.75, 3.05) is 18.2 Å². The smallest absolute Gasteiger partial charge is 0.276 e. The second-order valence-corrected chi connectivity index (χ2v) is 5.95. The Morgan fingerprint density at radius 2 is 2.14 bits per heavy atom. The number of nitrogens with one attached hydrogen (secondary N) is 1. The van der Waals surface area contributed by atoms with Crippen LogP contribution in [0.5, 0.6) is 5.75 Å². The zero-order chi connectivity index (χ0) is 15.9. The summed E-state index contributed by atoms with van der Waals surface area (Å²) in [6.45, 7) is 3.98. The third kappa shape index (κ3) is 4.49. The molecule has 0 saturated carbocycles. The fraction of sp³-hybridized carbons (Fsp3) is 0.400. The van der Waals surface area contributed by atoms with E-state index in [1.807, 2.05) is 26.0 Å². The summed E-state index contributed by atoms with van der Waals surface area (Å²) in [5.41, 5.74) is 0.667. The lowest BCUT2D eigenvalue weighted by atomic mass is 10.2. The topological polar surface area (TPSA) is 77.2 Å². The Kier molecular flexibility index (Phi) is 5.83. The molecule has 7 heteroatoms. The number of aromatic nitrogens is 2. The predicted molar refractivity (Wildman–Crippen MR) is 85.4 cm³/mol. The Hall–Kier alpha value is -2.02. The summed E-state index contributed by atoms with van der Waals surface area (Å²) in [6, 6.07) is 7.30. The number of benzene rings is 1. The Balaban J connectivity index is 1.80. The molecule has 0 saturated heterocycles. The second-order valence-electron chi connectivity index (χ2n) is 4.91. The first-order valence-electron chi connectivity index (χ1n) is 6.99. The van der Waals surface area contributed by atoms with Crippen LogP contribution < -0.4 is 10.1 Å². The van der Waals surface area contributed by atoms with Gasteiger partial charge in [0.25, 0.3) is 5.22 Å². The first-order chi connectivity index (χ1) is 10.6. The minimum absolute atomic E-state index is 0.0828. The summed E-state index contributed by atoms with van der Waals surface area (Å²) in [5, 5.41) is 11.2. The molecule has 0 atom stereocenters. The van der Waals surface area contributed by atoms with Crippen LogP contribution in [0.15, 0.2) is 33.9 Å². The monoisotopic (exact) mass is 321 g/mol. The molecule has 1 aromatic carbocycles. The number of carbonyl (C=O) groups is 1. The van der Waals surface area contributed by atoms with Gasteiger partial charge in [-0.15, -0.1) is 10.2 Å². The van der Waals surface area contributed by atoms with Crippen molar-refractivity contribution in [3.05, 3.63) is 30.2 Å². The molecule has 0 aliphatic rings. The molecule has 0 spiro atoms. The van der Waals surface area contributed by atoms with Crippen molar-refractivity contribution in [3.8, 4) is 5.75 Å². The summed E-state index contributed by atoms with van der Waals surface area (Å²) in [5.74, 6) is 1.94. The van der Waals surface area contributed by atoms with E-state index in [2.05, 4.69) is 15.5 Å². The maximum Gasteiger partial charge on any atom is 0.276 e. The fourth-order valence-corrected chi connectivity index (χ4v) is 2.41. The van der Waals surface area contributed by atoms with Crippen LogP contribution in [0.1, 0.15) is 32.1 Å². The van der Waals surface area contributed by atoms with Crippen LogP contribution in [-0.2, 0) is 4.79 Å². The minimum Gasteiger partial charge on any atom is -0.495 e. The summed E-state index contributed by atoms with van der Waals surface area (Å²) < 4.78 is 10.7. The number of anilines is 1. The van der Waals surface area contributed by atoms with Crippen molar-refractivity contribution in [1.29, 1.82) is 0 Å². The van der Waals surface area contributed by atoms with Crippen molar-refractivity contribution in [3.63, 3.8) is 0 Å². The molecule has 0 aliphatic heterocycles. The summed E-state index contributed by atoms with van der Waals surface area (Å²) in [6.07, 6.45) is 0.349. The number of hydrogen-bond acceptors (Lipinski definition) is 6. The summed E-state index contributed by atoms with van der Waals surface area (Å²) in [7, 11) is 1.57. The SMILES string of the molecule is COc1ccccc1NC(=O)CCSc1nnc(C(C)C)o1. The molecule has 118 valence electrons. The van der Waals surface area contributed by atoms with Crippen molar-refractivity contribution in [2.45, 2.75) is 31.4 Å². The second kappa shape index (κ2) is 7.84. The number of ether oxygens (including phenoxy) is 1. The maximum atomic E-state index is 11.9. The van der Waals surface area contributed by atoms with E-state index in [1.165, 1.54) is 11.8 Å². The van der Waals surface area contributed by atoms with Gasteiger partial charge in [0.05, 0.1) is 12.8 Å². The average molecular weight is 321 g/mol. The molecular formula is C15H19N3O3S. The lowest BCUT2D eigenvalue weighted by Crippen LogP contribution is -2.12. The normalized spacial score (nSPS) is 10.7. The molecule has 1 aromatic heterocycles. The van der Waals surface area contributed by atoms with E-state index in [-0.39, 0.29) is 11.8 Å². The molecule has 1 amide bonds. The number of hydrogen-bond donors (Lipinski definition) is 1. The van der Waals surface area contributed by atoms with Gasteiger partial charge >= 0.3 is 0 Å². The highest BCUT2D eigenvalue weighted by molar-refractivity contribution is 7.99. The van der Waals surface area contributed by atoms with Crippen molar-refractivity contribution < 1.29 is 13.9 Å². The van der Waals surface area contributed by atoms with Crippen LogP contribution in [0.2, 0.25) is 0 Å². The van der Waals surface area contributed by atoms with E-state index in [0.717, 1.165) is 0 Å². The number of rotatable bonds is 7. The molecular weight excluding hydrogens is 302 g/mol. The van der Waals surface area contributed by atoms with Gasteiger partial charge in [-0.25, -0.2) is 0 Å². The van der Waals surface area contributed by atoms with Crippen LogP contribution in [0.4, 0.5) is 5.69 Å². The van der Waals surface area contributed by atoms with Crippen molar-refractivity contribution >= 4 is 23.4 Å². The third-order valence-electron chi connectivity index (χ3n) is 2.85. The fourth-order valence-electron chi connectivity index (χ4n) is 1.70. The van der Waals surface area contributed by atoms with Gasteiger partial charge in [-0.05, 0) is 12.1 Å². The van der Waals surface area contributed by atoms with Gasteiger partial charge in [0.1, 0.15) is 5.75 Å². The van der Waals surface area contributed by atoms with E-state index in [1.54, 1.807) is 19.2 Å². The largest absolute Gasteiger partial charge is 0.495 e. The van der Waals surface area contributed by atoms with Gasteiger partial charge in [-0.1, -0.05) is 37.7 Å². The zero-order valence-corrected chi connectivity index (χ0v) is 13.6. The zero-order valence-electron chi connectivity index (χ0n) is 12.8. The van der Waals surface area contributed by atoms with Gasteiger partial charge in [-0.3, -0.25) is 4.79 Å². The van der Waals surface area contributed by atoms with E-state index >= 15 is 0 Å². The molecule has 0 radical (unpaired) electrons. The molecule has 2 aromatic rings. The number of thioether (sulfide) groups is 1. The highest BCUT2D eigenvalue weighted by Gasteiger charge is 2.11. The Bertz CT molecular complexity index is 628. The quantitative estimate of drug-likeness (QED) is 0.788. The summed E-state index contributed by atoms with van der Waals surface area (Å²) in [4.78, 5) is 11.9. The van der Waals surface area contributed by atoms with Crippen molar-refractivity contribution in [2.24, 2.45) is 0 Å². The molecule has 0 fully saturated rings. The number of carbonyl (C=O) groups excluding carboxylic acids is 1. The van der Waals surface area contributed by atoms with E-state index in [0.29, 0.717) is 34.7 Å². The molecule has 0 aliphatic carbocycles. The van der Waals surface area contributed by atoms with Gasteiger partial charge in [0, 0.05) is 18.1 Å². The van der Waals surface area contributed by atoms with Crippen LogP contribution in [0.3, 0.4) is 0 Å². The Morgan fingerprint density at radius 1 is 1.36 bits per heavy atom. The van der Waals surface area contributed by atoms with Gasteiger partial charge in [0.2, 0.25) is 11.8 Å². The highest BCUT2D eigenvalue weighted by Crippen LogP contribution is 2.24. The minimum atomic E-state index is -0.0828. The molecule has 1 N–H and O–H groups in total. The van der Waals surface area contributed by atoms with E-state index in [4.69, 9.17) is 9.15 Å². The third-order valence-corrected chi connectivity index (χ3v) is 3.67. The van der Waals surface area contributed by atoms with Crippen LogP contribution in [0.25, 0.3) is 0 Å². The predicted octanol–water partition coefficient (Wildman–Crippen LogP) is 3.32. The van der Waals surface area contributed by atoms with Gasteiger partial charge in [-0.2, -0.15) is 0 Å². The van der Waals surface area contributed by atoms with Crippen LogP contribution >= 0.6 is 11.8 Å². The molecule has 6 nitrogen and oxygen atoms in total. The average Bonchev–Trinajstić information content (AvgIpc) is 2.97. The lowest BCUT2D eigenvalue weighted by molar-refractivity contribution is -0.115. The highest BCUT2D eigenvalue weighted by atomic mass is 32.2. The lowest BCUT2D eigenvalue weighted by Gasteiger charge is -2.09. The first-order valence-corrected chi connectivity index (χ1v) is 7.97. The number of para-hydroxylation sites is 2. The van der Waals surface area contributed by atoms with Gasteiger partial charge < -0.3 is 14.5 Å². The summed E-state index contributed by atoms with van der Waals surface area (Å²) >= 11 is 1.38. The molecule has 22 heavy (non-hydrogen) atoms. The first kappa shape index (κ1) is 16.4. The Morgan fingerprint density at radius 3 is 2.82 bits per heavy atom. The number of nitrogens with zero attached hydrogens (tertiary/aromatic N) is 2. The molecule has 2 rings (SSSR count).